The van der Waals surface area contributed by atoms with Gasteiger partial charge in [-0.2, -0.15) is 0 Å². The number of ether oxygens (including phenoxy) is 1. The normalized spacial score (nSPS) is 10.7. The van der Waals surface area contributed by atoms with Crippen molar-refractivity contribution in [2.45, 2.75) is 31.2 Å². The molecular weight excluding hydrogens is 306 g/mol. The maximum absolute atomic E-state index is 11.5. The van der Waals surface area contributed by atoms with Crippen molar-refractivity contribution in [3.63, 3.8) is 0 Å². The van der Waals surface area contributed by atoms with E-state index in [1.54, 1.807) is 0 Å². The maximum atomic E-state index is 11.5. The first-order valence-corrected chi connectivity index (χ1v) is 8.32. The molecule has 0 unspecified atom stereocenters. The van der Waals surface area contributed by atoms with Crippen molar-refractivity contribution in [2.75, 3.05) is 11.1 Å². The number of rotatable bonds is 6. The zero-order valence-corrected chi connectivity index (χ0v) is 13.8. The van der Waals surface area contributed by atoms with E-state index in [-0.39, 0.29) is 17.8 Å². The van der Waals surface area contributed by atoms with E-state index in [4.69, 9.17) is 4.74 Å². The summed E-state index contributed by atoms with van der Waals surface area (Å²) in [6, 6.07) is 8.03. The maximum Gasteiger partial charge on any atom is 0.316 e. The molecule has 1 heterocycles. The molecule has 0 saturated carbocycles. The van der Waals surface area contributed by atoms with Crippen molar-refractivity contribution < 1.29 is 9.53 Å². The smallest absolute Gasteiger partial charge is 0.316 e. The molecule has 1 aromatic carbocycles. The third-order valence-electron chi connectivity index (χ3n) is 2.36. The second-order valence-corrected chi connectivity index (χ2v) is 6.89. The summed E-state index contributed by atoms with van der Waals surface area (Å²) < 4.78 is 5.81. The van der Waals surface area contributed by atoms with Gasteiger partial charge in [0.15, 0.2) is 4.34 Å². The Kier molecular flexibility index (Phi) is 5.58. The molecule has 0 bridgehead atoms. The van der Waals surface area contributed by atoms with Gasteiger partial charge in [0.05, 0.1) is 11.9 Å². The lowest BCUT2D eigenvalue weighted by atomic mass is 10.2. The average molecular weight is 323 g/mol. The van der Waals surface area contributed by atoms with Gasteiger partial charge in [0.1, 0.15) is 0 Å². The van der Waals surface area contributed by atoms with Gasteiger partial charge in [-0.15, -0.1) is 10.2 Å². The highest BCUT2D eigenvalue weighted by atomic mass is 32.2. The quantitative estimate of drug-likeness (QED) is 0.647. The molecule has 0 atom stereocenters. The predicted octanol–water partition coefficient (Wildman–Crippen LogP) is 3.63. The molecule has 1 N–H and O–H groups in total. The van der Waals surface area contributed by atoms with Crippen molar-refractivity contribution in [1.29, 1.82) is 0 Å². The largest absolute Gasteiger partial charge is 0.462 e. The fraction of sp³-hybridized carbons (Fsp3) is 0.357. The molecule has 2 aromatic rings. The molecule has 0 spiro atoms. The Morgan fingerprint density at radius 2 is 2.24 bits per heavy atom. The molecule has 7 heteroatoms. The third-order valence-corrected chi connectivity index (χ3v) is 4.30. The number of nitrogens with one attached hydrogen (secondary N) is 1. The SMILES string of the molecule is Cc1cccc(Nc2nnc(SCC(=O)OC(C)C)s2)c1. The molecule has 1 aromatic heterocycles. The summed E-state index contributed by atoms with van der Waals surface area (Å²) in [5, 5.41) is 12.0. The van der Waals surface area contributed by atoms with Crippen LogP contribution in [0.5, 0.6) is 0 Å². The topological polar surface area (TPSA) is 64.1 Å². The molecule has 0 amide bonds. The summed E-state index contributed by atoms with van der Waals surface area (Å²) >= 11 is 2.75. The van der Waals surface area contributed by atoms with Gasteiger partial charge in [0, 0.05) is 5.69 Å². The second-order valence-electron chi connectivity index (χ2n) is 4.69. The minimum absolute atomic E-state index is 0.0916. The molecule has 112 valence electrons. The van der Waals surface area contributed by atoms with E-state index < -0.39 is 0 Å². The number of hydrogen-bond donors (Lipinski definition) is 1. The number of nitrogens with zero attached hydrogens (tertiary/aromatic N) is 2. The molecule has 21 heavy (non-hydrogen) atoms. The number of benzene rings is 1. The van der Waals surface area contributed by atoms with Crippen molar-refractivity contribution in [2.24, 2.45) is 0 Å². The van der Waals surface area contributed by atoms with E-state index in [0.717, 1.165) is 10.0 Å². The number of hydrogen-bond acceptors (Lipinski definition) is 7. The lowest BCUT2D eigenvalue weighted by Gasteiger charge is -2.05. The number of esters is 1. The number of anilines is 2. The molecule has 5 nitrogen and oxygen atoms in total. The predicted molar refractivity (Wildman–Crippen MR) is 86.3 cm³/mol. The lowest BCUT2D eigenvalue weighted by molar-refractivity contribution is -0.144. The monoisotopic (exact) mass is 323 g/mol. The van der Waals surface area contributed by atoms with Crippen molar-refractivity contribution in [3.8, 4) is 0 Å². The highest BCUT2D eigenvalue weighted by molar-refractivity contribution is 8.01. The van der Waals surface area contributed by atoms with Crippen LogP contribution in [0.3, 0.4) is 0 Å². The molecule has 2 rings (SSSR count). The molecule has 0 aliphatic rings. The van der Waals surface area contributed by atoms with Crippen molar-refractivity contribution >= 4 is 39.9 Å². The van der Waals surface area contributed by atoms with Gasteiger partial charge in [0.25, 0.3) is 0 Å². The molecular formula is C14H17N3O2S2. The number of carbonyl (C=O) groups is 1. The standard InChI is InChI=1S/C14H17N3O2S2/c1-9(2)19-12(18)8-20-14-17-16-13(21-14)15-11-6-4-5-10(3)7-11/h4-7,9H,8H2,1-3H3,(H,15,16). The Labute approximate surface area is 132 Å². The van der Waals surface area contributed by atoms with E-state index >= 15 is 0 Å². The van der Waals surface area contributed by atoms with Gasteiger partial charge < -0.3 is 10.1 Å². The number of thioether (sulfide) groups is 1. The van der Waals surface area contributed by atoms with E-state index in [2.05, 4.69) is 15.5 Å². The Morgan fingerprint density at radius 3 is 2.95 bits per heavy atom. The number of aromatic nitrogens is 2. The van der Waals surface area contributed by atoms with Crippen LogP contribution >= 0.6 is 23.1 Å². The van der Waals surface area contributed by atoms with E-state index in [1.807, 2.05) is 45.0 Å². The lowest BCUT2D eigenvalue weighted by Crippen LogP contribution is -2.13. The Morgan fingerprint density at radius 1 is 1.43 bits per heavy atom. The van der Waals surface area contributed by atoms with Crippen LogP contribution in [-0.4, -0.2) is 28.0 Å². The molecule has 0 aliphatic heterocycles. The average Bonchev–Trinajstić information content (AvgIpc) is 2.83. The first-order valence-electron chi connectivity index (χ1n) is 6.52. The summed E-state index contributed by atoms with van der Waals surface area (Å²) in [4.78, 5) is 11.5. The Balaban J connectivity index is 1.88. The minimum atomic E-state index is -0.238. The molecule has 0 fully saturated rings. The summed E-state index contributed by atoms with van der Waals surface area (Å²) in [5.41, 5.74) is 2.15. The van der Waals surface area contributed by atoms with Gasteiger partial charge in [-0.05, 0) is 38.5 Å². The highest BCUT2D eigenvalue weighted by Gasteiger charge is 2.10. The fourth-order valence-electron chi connectivity index (χ4n) is 1.58. The zero-order valence-electron chi connectivity index (χ0n) is 12.1. The van der Waals surface area contributed by atoms with E-state index in [9.17, 15) is 4.79 Å². The van der Waals surface area contributed by atoms with Gasteiger partial charge in [-0.25, -0.2) is 0 Å². The summed E-state index contributed by atoms with van der Waals surface area (Å²) in [5.74, 6) is 0.00968. The van der Waals surface area contributed by atoms with Crippen molar-refractivity contribution in [3.05, 3.63) is 29.8 Å². The van der Waals surface area contributed by atoms with Crippen LogP contribution in [0.2, 0.25) is 0 Å². The van der Waals surface area contributed by atoms with Gasteiger partial charge in [-0.3, -0.25) is 4.79 Å². The number of carbonyl (C=O) groups excluding carboxylic acids is 1. The number of aryl methyl sites for hydroxylation is 1. The van der Waals surface area contributed by atoms with Crippen LogP contribution < -0.4 is 5.32 Å². The van der Waals surface area contributed by atoms with Gasteiger partial charge in [0.2, 0.25) is 5.13 Å². The van der Waals surface area contributed by atoms with Crippen LogP contribution in [0, 0.1) is 6.92 Å². The van der Waals surface area contributed by atoms with Gasteiger partial charge in [-0.1, -0.05) is 35.2 Å². The third kappa shape index (κ3) is 5.35. The van der Waals surface area contributed by atoms with Gasteiger partial charge >= 0.3 is 5.97 Å². The summed E-state index contributed by atoms with van der Waals surface area (Å²) in [6.45, 7) is 5.70. The van der Waals surface area contributed by atoms with Crippen LogP contribution in [0.1, 0.15) is 19.4 Å². The summed E-state index contributed by atoms with van der Waals surface area (Å²) in [7, 11) is 0. The molecule has 0 aliphatic carbocycles. The van der Waals surface area contributed by atoms with Crippen LogP contribution in [-0.2, 0) is 9.53 Å². The highest BCUT2D eigenvalue weighted by Crippen LogP contribution is 2.27. The van der Waals surface area contributed by atoms with Crippen LogP contribution in [0.15, 0.2) is 28.6 Å². The first kappa shape index (κ1) is 15.8. The first-order chi connectivity index (χ1) is 10.0. The van der Waals surface area contributed by atoms with Crippen LogP contribution in [0.4, 0.5) is 10.8 Å². The van der Waals surface area contributed by atoms with Crippen molar-refractivity contribution in [1.82, 2.24) is 10.2 Å². The summed E-state index contributed by atoms with van der Waals surface area (Å²) in [6.07, 6.45) is -0.0916. The molecule has 0 saturated heterocycles. The Bertz CT molecular complexity index is 614. The zero-order chi connectivity index (χ0) is 15.2. The minimum Gasteiger partial charge on any atom is -0.462 e. The van der Waals surface area contributed by atoms with E-state index in [0.29, 0.717) is 5.13 Å². The molecule has 0 radical (unpaired) electrons. The second kappa shape index (κ2) is 7.42. The van der Waals surface area contributed by atoms with Crippen LogP contribution in [0.25, 0.3) is 0 Å². The fourth-order valence-corrected chi connectivity index (χ4v) is 3.14. The Hall–Kier alpha value is -1.60. The van der Waals surface area contributed by atoms with E-state index in [1.165, 1.54) is 28.7 Å².